The second-order valence-electron chi connectivity index (χ2n) is 3.95. The molecule has 1 atom stereocenters. The summed E-state index contributed by atoms with van der Waals surface area (Å²) >= 11 is 2.05. The lowest BCUT2D eigenvalue weighted by Gasteiger charge is -2.13. The average Bonchev–Trinajstić information content (AvgIpc) is 2.98. The molecule has 0 aromatic heterocycles. The Kier molecular flexibility index (Phi) is 3.59. The lowest BCUT2D eigenvalue weighted by atomic mass is 9.96. The average molecular weight is 198 g/mol. The van der Waals surface area contributed by atoms with Crippen molar-refractivity contribution in [3.8, 4) is 0 Å². The van der Waals surface area contributed by atoms with E-state index in [1.165, 1.54) is 49.9 Å². The molecule has 0 aromatic carbocycles. The van der Waals surface area contributed by atoms with Crippen LogP contribution in [0.5, 0.6) is 0 Å². The van der Waals surface area contributed by atoms with Gasteiger partial charge in [-0.1, -0.05) is 6.42 Å². The van der Waals surface area contributed by atoms with Crippen LogP contribution in [0.2, 0.25) is 0 Å². The molecule has 1 nitrogen and oxygen atoms in total. The van der Waals surface area contributed by atoms with Crippen LogP contribution in [-0.4, -0.2) is 17.6 Å². The molecule has 1 aliphatic carbocycles. The molecular weight excluding hydrogens is 180 g/mol. The predicted molar refractivity (Wildman–Crippen MR) is 58.0 cm³/mol. The van der Waals surface area contributed by atoms with Crippen molar-refractivity contribution < 1.29 is 4.74 Å². The fourth-order valence-electron chi connectivity index (χ4n) is 1.73. The third-order valence-electron chi connectivity index (χ3n) is 2.71. The monoisotopic (exact) mass is 198 g/mol. The quantitative estimate of drug-likeness (QED) is 0.389. The summed E-state index contributed by atoms with van der Waals surface area (Å²) in [7, 11) is 0. The molecule has 1 unspecified atom stereocenters. The molecule has 2 heteroatoms. The van der Waals surface area contributed by atoms with Crippen LogP contribution in [0.3, 0.4) is 0 Å². The smallest absolute Gasteiger partial charge is 0.0884 e. The Hall–Kier alpha value is -0.110. The maximum absolute atomic E-state index is 5.55. The van der Waals surface area contributed by atoms with Gasteiger partial charge >= 0.3 is 0 Å². The molecule has 13 heavy (non-hydrogen) atoms. The highest BCUT2D eigenvalue weighted by Gasteiger charge is 2.21. The number of allylic oxidation sites excluding steroid dienone is 1. The van der Waals surface area contributed by atoms with Crippen LogP contribution in [0, 0.1) is 0 Å². The van der Waals surface area contributed by atoms with E-state index in [0.29, 0.717) is 0 Å². The summed E-state index contributed by atoms with van der Waals surface area (Å²) in [4.78, 5) is 0. The molecule has 2 fully saturated rings. The maximum atomic E-state index is 5.55. The van der Waals surface area contributed by atoms with Crippen LogP contribution in [0.15, 0.2) is 11.8 Å². The minimum atomic E-state index is 0.921. The highest BCUT2D eigenvalue weighted by Crippen LogP contribution is 2.32. The molecule has 1 aliphatic heterocycles. The minimum Gasteiger partial charge on any atom is -0.501 e. The van der Waals surface area contributed by atoms with Crippen LogP contribution in [-0.2, 0) is 4.74 Å². The summed E-state index contributed by atoms with van der Waals surface area (Å²) in [6.07, 6.45) is 9.98. The van der Waals surface area contributed by atoms with Gasteiger partial charge in [-0.3, -0.25) is 0 Å². The van der Waals surface area contributed by atoms with Crippen molar-refractivity contribution in [2.75, 3.05) is 12.4 Å². The summed E-state index contributed by atoms with van der Waals surface area (Å²) in [5.74, 6) is 1.36. The largest absolute Gasteiger partial charge is 0.501 e. The standard InChI is InChI=1S/C11H18OS/c1-2-4-10(5-3-1)8-12-7-6-11-9-13-11/h8,11H,1-7,9H2. The zero-order chi connectivity index (χ0) is 8.93. The van der Waals surface area contributed by atoms with Gasteiger partial charge in [-0.15, -0.1) is 0 Å². The summed E-state index contributed by atoms with van der Waals surface area (Å²) in [6, 6.07) is 0. The van der Waals surface area contributed by atoms with Gasteiger partial charge in [-0.2, -0.15) is 11.8 Å². The molecule has 1 heterocycles. The van der Waals surface area contributed by atoms with E-state index < -0.39 is 0 Å². The van der Waals surface area contributed by atoms with E-state index >= 15 is 0 Å². The van der Waals surface area contributed by atoms with Crippen molar-refractivity contribution >= 4 is 11.8 Å². The Morgan fingerprint density at radius 3 is 2.77 bits per heavy atom. The van der Waals surface area contributed by atoms with Gasteiger partial charge in [-0.25, -0.2) is 0 Å². The molecule has 2 rings (SSSR count). The molecule has 0 N–H and O–H groups in total. The first kappa shape index (κ1) is 9.45. The first-order chi connectivity index (χ1) is 6.45. The normalized spacial score (nSPS) is 27.1. The molecule has 0 radical (unpaired) electrons. The second-order valence-corrected chi connectivity index (χ2v) is 5.28. The minimum absolute atomic E-state index is 0.921. The molecule has 2 aliphatic rings. The summed E-state index contributed by atoms with van der Waals surface area (Å²) in [5, 5.41) is 0.921. The molecule has 74 valence electrons. The first-order valence-corrected chi connectivity index (χ1v) is 6.41. The van der Waals surface area contributed by atoms with Crippen LogP contribution < -0.4 is 0 Å². The van der Waals surface area contributed by atoms with Gasteiger partial charge in [0, 0.05) is 11.0 Å². The molecule has 0 spiro atoms. The van der Waals surface area contributed by atoms with Gasteiger partial charge < -0.3 is 4.74 Å². The van der Waals surface area contributed by atoms with Gasteiger partial charge in [-0.05, 0) is 37.7 Å². The summed E-state index contributed by atoms with van der Waals surface area (Å²) in [6.45, 7) is 0.932. The molecule has 1 saturated heterocycles. The SMILES string of the molecule is C(OCCC1CS1)=C1CCCCC1. The van der Waals surface area contributed by atoms with E-state index in [1.54, 1.807) is 0 Å². The number of ether oxygens (including phenoxy) is 1. The number of thioether (sulfide) groups is 1. The van der Waals surface area contributed by atoms with Crippen LogP contribution in [0.1, 0.15) is 38.5 Å². The Balaban J connectivity index is 1.57. The van der Waals surface area contributed by atoms with E-state index in [9.17, 15) is 0 Å². The van der Waals surface area contributed by atoms with Crippen molar-refractivity contribution in [2.24, 2.45) is 0 Å². The highest BCUT2D eigenvalue weighted by molar-refractivity contribution is 8.06. The molecule has 0 amide bonds. The third-order valence-corrected chi connectivity index (χ3v) is 3.75. The zero-order valence-corrected chi connectivity index (χ0v) is 8.94. The van der Waals surface area contributed by atoms with E-state index in [0.717, 1.165) is 11.9 Å². The number of hydrogen-bond acceptors (Lipinski definition) is 2. The van der Waals surface area contributed by atoms with Crippen LogP contribution in [0.25, 0.3) is 0 Å². The van der Waals surface area contributed by atoms with Gasteiger partial charge in [0.1, 0.15) is 0 Å². The molecular formula is C11H18OS. The Morgan fingerprint density at radius 1 is 1.31 bits per heavy atom. The summed E-state index contributed by atoms with van der Waals surface area (Å²) in [5.41, 5.74) is 1.54. The van der Waals surface area contributed by atoms with E-state index in [1.807, 2.05) is 6.26 Å². The lowest BCUT2D eigenvalue weighted by Crippen LogP contribution is -1.97. The summed E-state index contributed by atoms with van der Waals surface area (Å²) < 4.78 is 5.55. The number of rotatable bonds is 4. The fraction of sp³-hybridized carbons (Fsp3) is 0.818. The van der Waals surface area contributed by atoms with Crippen LogP contribution in [0.4, 0.5) is 0 Å². The van der Waals surface area contributed by atoms with Crippen molar-refractivity contribution in [1.29, 1.82) is 0 Å². The highest BCUT2D eigenvalue weighted by atomic mass is 32.2. The maximum Gasteiger partial charge on any atom is 0.0884 e. The molecule has 0 aromatic rings. The Morgan fingerprint density at radius 2 is 2.08 bits per heavy atom. The van der Waals surface area contributed by atoms with Crippen molar-refractivity contribution in [3.05, 3.63) is 11.8 Å². The van der Waals surface area contributed by atoms with E-state index in [-0.39, 0.29) is 0 Å². The Labute approximate surface area is 84.9 Å². The Bertz CT molecular complexity index is 177. The topological polar surface area (TPSA) is 9.23 Å². The number of hydrogen-bond donors (Lipinski definition) is 0. The van der Waals surface area contributed by atoms with Gasteiger partial charge in [0.05, 0.1) is 12.9 Å². The van der Waals surface area contributed by atoms with Crippen molar-refractivity contribution in [1.82, 2.24) is 0 Å². The van der Waals surface area contributed by atoms with Gasteiger partial charge in [0.25, 0.3) is 0 Å². The van der Waals surface area contributed by atoms with Gasteiger partial charge in [0.2, 0.25) is 0 Å². The molecule has 1 saturated carbocycles. The first-order valence-electron chi connectivity index (χ1n) is 5.36. The van der Waals surface area contributed by atoms with Crippen molar-refractivity contribution in [3.63, 3.8) is 0 Å². The van der Waals surface area contributed by atoms with Gasteiger partial charge in [0.15, 0.2) is 0 Å². The predicted octanol–water partition coefficient (Wildman–Crippen LogP) is 3.36. The lowest BCUT2D eigenvalue weighted by molar-refractivity contribution is 0.241. The van der Waals surface area contributed by atoms with E-state index in [4.69, 9.17) is 4.74 Å². The second kappa shape index (κ2) is 4.94. The zero-order valence-electron chi connectivity index (χ0n) is 8.13. The van der Waals surface area contributed by atoms with Crippen molar-refractivity contribution in [2.45, 2.75) is 43.8 Å². The molecule has 0 bridgehead atoms. The van der Waals surface area contributed by atoms with Crippen LogP contribution >= 0.6 is 11.8 Å². The van der Waals surface area contributed by atoms with E-state index in [2.05, 4.69) is 11.8 Å². The fourth-order valence-corrected chi connectivity index (χ4v) is 2.30. The third kappa shape index (κ3) is 3.63.